The molecule has 4 unspecified atom stereocenters. The zero-order valence-electron chi connectivity index (χ0n) is 31.4. The van der Waals surface area contributed by atoms with Crippen molar-refractivity contribution in [3.63, 3.8) is 0 Å². The molecule has 0 aliphatic heterocycles. The molecule has 0 saturated carbocycles. The van der Waals surface area contributed by atoms with Gasteiger partial charge in [0.2, 0.25) is 0 Å². The number of fused-ring (bicyclic) bond motifs is 9. The van der Waals surface area contributed by atoms with Gasteiger partial charge in [-0.3, -0.25) is 4.57 Å². The van der Waals surface area contributed by atoms with Gasteiger partial charge in [-0.25, -0.2) is 4.98 Å². The van der Waals surface area contributed by atoms with Crippen LogP contribution in [0.5, 0.6) is 0 Å². The van der Waals surface area contributed by atoms with Gasteiger partial charge < -0.3 is 4.57 Å². The number of para-hydroxylation sites is 1. The van der Waals surface area contributed by atoms with E-state index in [1.54, 1.807) is 5.56 Å². The molecule has 12 rings (SSSR count). The molecule has 0 spiro atoms. The molecule has 0 saturated heterocycles. The first kappa shape index (κ1) is 31.2. The zero-order valence-corrected chi connectivity index (χ0v) is 31.4. The van der Waals surface area contributed by atoms with Crippen molar-refractivity contribution in [1.29, 1.82) is 0 Å². The van der Waals surface area contributed by atoms with Gasteiger partial charge in [0.05, 0.1) is 16.6 Å². The number of imidazole rings is 1. The molecule has 55 heavy (non-hydrogen) atoms. The quantitative estimate of drug-likeness (QED) is 0.168. The predicted molar refractivity (Wildman–Crippen MR) is 229 cm³/mol. The van der Waals surface area contributed by atoms with E-state index in [0.717, 1.165) is 34.5 Å². The minimum absolute atomic E-state index is 0.370. The third-order valence-corrected chi connectivity index (χ3v) is 13.3. The highest BCUT2D eigenvalue weighted by molar-refractivity contribution is 6.24. The van der Waals surface area contributed by atoms with Gasteiger partial charge in [0.25, 0.3) is 0 Å². The Morgan fingerprint density at radius 1 is 0.582 bits per heavy atom. The summed E-state index contributed by atoms with van der Waals surface area (Å²) in [7, 11) is 0. The first-order valence-electron chi connectivity index (χ1n) is 20.1. The van der Waals surface area contributed by atoms with Crippen molar-refractivity contribution in [2.45, 2.75) is 51.4 Å². The lowest BCUT2D eigenvalue weighted by Crippen LogP contribution is -2.23. The fraction of sp³-hybridized carbons (Fsp3) is 0.173. The summed E-state index contributed by atoms with van der Waals surface area (Å²) in [5.74, 6) is 2.82. The van der Waals surface area contributed by atoms with Gasteiger partial charge in [-0.1, -0.05) is 124 Å². The van der Waals surface area contributed by atoms with Crippen molar-refractivity contribution < 1.29 is 0 Å². The van der Waals surface area contributed by atoms with Crippen LogP contribution < -0.4 is 0 Å². The maximum Gasteiger partial charge on any atom is 0.145 e. The van der Waals surface area contributed by atoms with Gasteiger partial charge in [0.15, 0.2) is 0 Å². The summed E-state index contributed by atoms with van der Waals surface area (Å²) in [5.41, 5.74) is 17.4. The first-order valence-corrected chi connectivity index (χ1v) is 20.1. The van der Waals surface area contributed by atoms with E-state index < -0.39 is 0 Å². The van der Waals surface area contributed by atoms with Crippen molar-refractivity contribution in [2.24, 2.45) is 5.92 Å². The number of hydrogen-bond acceptors (Lipinski definition) is 1. The molecule has 4 atom stereocenters. The van der Waals surface area contributed by atoms with Crippen LogP contribution >= 0.6 is 0 Å². The van der Waals surface area contributed by atoms with E-state index in [1.807, 2.05) is 0 Å². The van der Waals surface area contributed by atoms with Gasteiger partial charge in [-0.05, 0) is 117 Å². The minimum atomic E-state index is 0.370. The Bertz CT molecular complexity index is 3080. The SMILES string of the molecule is CC1CC=C2c3ccccc3C3c4c(n(-c5ccc(-c6nc7c8ccccc8c8ccccc8c7n6-c6ccccc6)cc5)c5ccc1c2c45)C(C)CC3C. The second kappa shape index (κ2) is 11.4. The number of aromatic nitrogens is 3. The fourth-order valence-electron chi connectivity index (χ4n) is 11.0. The van der Waals surface area contributed by atoms with E-state index in [2.05, 4.69) is 176 Å². The molecular formula is C52H41N3. The Kier molecular flexibility index (Phi) is 6.47. The third-order valence-electron chi connectivity index (χ3n) is 13.3. The molecular weight excluding hydrogens is 667 g/mol. The molecule has 3 heteroatoms. The molecule has 3 nitrogen and oxygen atoms in total. The number of nitrogens with zero attached hydrogens (tertiary/aromatic N) is 3. The van der Waals surface area contributed by atoms with Crippen molar-refractivity contribution >= 4 is 49.1 Å². The molecule has 0 amide bonds. The Balaban J connectivity index is 1.11. The normalized spacial score (nSPS) is 19.9. The van der Waals surface area contributed by atoms with Gasteiger partial charge in [-0.2, -0.15) is 0 Å². The topological polar surface area (TPSA) is 22.8 Å². The van der Waals surface area contributed by atoms with E-state index in [4.69, 9.17) is 4.98 Å². The summed E-state index contributed by atoms with van der Waals surface area (Å²) in [6, 6.07) is 51.7. The molecule has 0 bridgehead atoms. The van der Waals surface area contributed by atoms with Crippen LogP contribution in [0.25, 0.3) is 71.8 Å². The predicted octanol–water partition coefficient (Wildman–Crippen LogP) is 13.5. The van der Waals surface area contributed by atoms with Gasteiger partial charge in [0.1, 0.15) is 5.82 Å². The summed E-state index contributed by atoms with van der Waals surface area (Å²) in [5, 5.41) is 6.37. The monoisotopic (exact) mass is 707 g/mol. The lowest BCUT2D eigenvalue weighted by atomic mass is 9.70. The second-order valence-electron chi connectivity index (χ2n) is 16.4. The zero-order chi connectivity index (χ0) is 36.5. The van der Waals surface area contributed by atoms with Crippen LogP contribution in [0.3, 0.4) is 0 Å². The Morgan fingerprint density at radius 3 is 2.05 bits per heavy atom. The van der Waals surface area contributed by atoms with Crippen molar-refractivity contribution in [1.82, 2.24) is 14.1 Å². The Labute approximate surface area is 321 Å². The Hall–Kier alpha value is -6.19. The molecule has 264 valence electrons. The van der Waals surface area contributed by atoms with Crippen LogP contribution in [0.1, 0.15) is 84.9 Å². The highest BCUT2D eigenvalue weighted by Gasteiger charge is 2.42. The van der Waals surface area contributed by atoms with Crippen LogP contribution in [0.2, 0.25) is 0 Å². The number of allylic oxidation sites excluding steroid dienone is 1. The highest BCUT2D eigenvalue weighted by Crippen LogP contribution is 2.57. The van der Waals surface area contributed by atoms with Crippen LogP contribution in [0, 0.1) is 5.92 Å². The summed E-state index contributed by atoms with van der Waals surface area (Å²) in [6.07, 6.45) is 4.80. The van der Waals surface area contributed by atoms with Crippen LogP contribution in [-0.4, -0.2) is 14.1 Å². The van der Waals surface area contributed by atoms with Crippen LogP contribution in [0.4, 0.5) is 0 Å². The maximum atomic E-state index is 5.52. The lowest BCUT2D eigenvalue weighted by Gasteiger charge is -2.35. The summed E-state index contributed by atoms with van der Waals surface area (Å²) in [4.78, 5) is 5.52. The number of benzene rings is 7. The van der Waals surface area contributed by atoms with Crippen molar-refractivity contribution in [2.75, 3.05) is 0 Å². The summed E-state index contributed by atoms with van der Waals surface area (Å²) in [6.45, 7) is 7.35. The second-order valence-corrected chi connectivity index (χ2v) is 16.4. The van der Waals surface area contributed by atoms with Crippen LogP contribution in [0.15, 0.2) is 146 Å². The largest absolute Gasteiger partial charge is 0.313 e. The van der Waals surface area contributed by atoms with E-state index in [0.29, 0.717) is 23.7 Å². The van der Waals surface area contributed by atoms with E-state index in [1.165, 1.54) is 78.1 Å². The number of hydrogen-bond donors (Lipinski definition) is 0. The molecule has 3 aliphatic rings. The van der Waals surface area contributed by atoms with Crippen LogP contribution in [-0.2, 0) is 0 Å². The molecule has 0 N–H and O–H groups in total. The fourth-order valence-corrected chi connectivity index (χ4v) is 11.0. The average Bonchev–Trinajstić information content (AvgIpc) is 3.76. The minimum Gasteiger partial charge on any atom is -0.313 e. The molecule has 2 aromatic heterocycles. The third kappa shape index (κ3) is 4.19. The van der Waals surface area contributed by atoms with Gasteiger partial charge in [0, 0.05) is 44.7 Å². The maximum absolute atomic E-state index is 5.52. The average molecular weight is 708 g/mol. The molecule has 9 aromatic rings. The Morgan fingerprint density at radius 2 is 1.25 bits per heavy atom. The smallest absolute Gasteiger partial charge is 0.145 e. The molecule has 3 aliphatic carbocycles. The molecule has 0 radical (unpaired) electrons. The lowest BCUT2D eigenvalue weighted by molar-refractivity contribution is 0.400. The van der Waals surface area contributed by atoms with Gasteiger partial charge in [-0.15, -0.1) is 0 Å². The summed E-state index contributed by atoms with van der Waals surface area (Å²) >= 11 is 0. The standard InChI is InChI=1S/C52H41N3/c1-30-21-26-41-39-17-7-10-18-40(39)45-31(2)29-32(3)50-48(45)47-44(28-27-36(30)46(41)47)54(50)35-24-22-33(23-25-35)52-53-49-42-19-11-8-15-37(42)38-16-9-12-20-43(38)51(49)55(52)34-13-5-4-6-14-34/h4-20,22-28,30-32,45H,21,29H2,1-3H3. The van der Waals surface area contributed by atoms with E-state index in [-0.39, 0.29) is 0 Å². The molecule has 2 heterocycles. The van der Waals surface area contributed by atoms with E-state index >= 15 is 0 Å². The summed E-state index contributed by atoms with van der Waals surface area (Å²) < 4.78 is 5.01. The molecule has 0 fully saturated rings. The highest BCUT2D eigenvalue weighted by atomic mass is 15.1. The van der Waals surface area contributed by atoms with E-state index in [9.17, 15) is 0 Å². The first-order chi connectivity index (χ1) is 27.1. The van der Waals surface area contributed by atoms with Crippen molar-refractivity contribution in [3.8, 4) is 22.8 Å². The van der Waals surface area contributed by atoms with Crippen molar-refractivity contribution in [3.05, 3.63) is 179 Å². The molecule has 7 aromatic carbocycles. The number of rotatable bonds is 3. The van der Waals surface area contributed by atoms with Gasteiger partial charge >= 0.3 is 0 Å².